The maximum absolute atomic E-state index is 12.5. The van der Waals surface area contributed by atoms with Gasteiger partial charge in [-0.3, -0.25) is 14.5 Å². The van der Waals surface area contributed by atoms with Crippen molar-refractivity contribution in [3.05, 3.63) is 64.7 Å². The molecular formula is C20H22ClN3O2. The molecule has 1 heterocycles. The number of carbonyl (C=O) groups is 2. The van der Waals surface area contributed by atoms with Crippen molar-refractivity contribution in [2.24, 2.45) is 0 Å². The second kappa shape index (κ2) is 8.34. The summed E-state index contributed by atoms with van der Waals surface area (Å²) < 4.78 is 0. The lowest BCUT2D eigenvalue weighted by atomic mass is 10.00. The van der Waals surface area contributed by atoms with Crippen LogP contribution in [-0.2, 0) is 22.6 Å². The van der Waals surface area contributed by atoms with Gasteiger partial charge >= 0.3 is 0 Å². The lowest BCUT2D eigenvalue weighted by Gasteiger charge is -2.29. The number of nitrogens with one attached hydrogen (secondary N) is 1. The van der Waals surface area contributed by atoms with E-state index in [-0.39, 0.29) is 18.4 Å². The van der Waals surface area contributed by atoms with Gasteiger partial charge in [0.1, 0.15) is 0 Å². The van der Waals surface area contributed by atoms with E-state index in [1.165, 1.54) is 16.0 Å². The molecule has 6 heteroatoms. The first-order valence-electron chi connectivity index (χ1n) is 8.60. The Morgan fingerprint density at radius 3 is 2.58 bits per heavy atom. The number of nitrogens with zero attached hydrogens (tertiary/aromatic N) is 2. The van der Waals surface area contributed by atoms with Crippen molar-refractivity contribution < 1.29 is 9.59 Å². The van der Waals surface area contributed by atoms with Crippen LogP contribution in [0.1, 0.15) is 11.1 Å². The molecule has 0 aromatic heterocycles. The van der Waals surface area contributed by atoms with Crippen LogP contribution in [0.15, 0.2) is 48.5 Å². The fourth-order valence-corrected chi connectivity index (χ4v) is 3.24. The Bertz CT molecular complexity index is 809. The molecule has 1 N–H and O–H groups in total. The standard InChI is InChI=1S/C20H22ClN3O2/c1-23(13-19(25)22-18-9-5-4-8-17(18)21)20(26)14-24-11-10-15-6-2-3-7-16(15)12-24/h2-9H,10-14H2,1H3,(H,22,25). The van der Waals surface area contributed by atoms with Gasteiger partial charge in [-0.1, -0.05) is 48.0 Å². The van der Waals surface area contributed by atoms with Crippen molar-refractivity contribution in [1.82, 2.24) is 9.80 Å². The van der Waals surface area contributed by atoms with Crippen LogP contribution < -0.4 is 5.32 Å². The number of benzene rings is 2. The van der Waals surface area contributed by atoms with E-state index in [1.807, 2.05) is 12.1 Å². The van der Waals surface area contributed by atoms with Gasteiger partial charge in [-0.2, -0.15) is 0 Å². The summed E-state index contributed by atoms with van der Waals surface area (Å²) in [5.41, 5.74) is 3.17. The van der Waals surface area contributed by atoms with Crippen LogP contribution in [-0.4, -0.2) is 48.3 Å². The third-order valence-corrected chi connectivity index (χ3v) is 4.85. The summed E-state index contributed by atoms with van der Waals surface area (Å²) in [5, 5.41) is 3.21. The van der Waals surface area contributed by atoms with Crippen LogP contribution in [0.4, 0.5) is 5.69 Å². The number of rotatable bonds is 5. The van der Waals surface area contributed by atoms with Crippen LogP contribution in [0.3, 0.4) is 0 Å². The number of anilines is 1. The zero-order valence-electron chi connectivity index (χ0n) is 14.7. The number of amides is 2. The SMILES string of the molecule is CN(CC(=O)Nc1ccccc1Cl)C(=O)CN1CCc2ccccc2C1. The average Bonchev–Trinajstić information content (AvgIpc) is 2.63. The van der Waals surface area contributed by atoms with Crippen LogP contribution in [0.5, 0.6) is 0 Å². The minimum Gasteiger partial charge on any atom is -0.335 e. The van der Waals surface area contributed by atoms with Gasteiger partial charge < -0.3 is 10.2 Å². The van der Waals surface area contributed by atoms with E-state index in [9.17, 15) is 9.59 Å². The molecule has 0 radical (unpaired) electrons. The first kappa shape index (κ1) is 18.4. The van der Waals surface area contributed by atoms with Gasteiger partial charge in [0.2, 0.25) is 11.8 Å². The molecule has 0 aliphatic carbocycles. The zero-order valence-corrected chi connectivity index (χ0v) is 15.5. The smallest absolute Gasteiger partial charge is 0.244 e. The normalized spacial score (nSPS) is 13.8. The zero-order chi connectivity index (χ0) is 18.5. The van der Waals surface area contributed by atoms with E-state index < -0.39 is 0 Å². The van der Waals surface area contributed by atoms with Gasteiger partial charge in [-0.05, 0) is 29.7 Å². The van der Waals surface area contributed by atoms with Crippen molar-refractivity contribution in [2.45, 2.75) is 13.0 Å². The van der Waals surface area contributed by atoms with E-state index in [0.29, 0.717) is 17.3 Å². The van der Waals surface area contributed by atoms with Gasteiger partial charge in [-0.15, -0.1) is 0 Å². The lowest BCUT2D eigenvalue weighted by molar-refractivity contribution is -0.134. The molecule has 2 amide bonds. The number of carbonyl (C=O) groups excluding carboxylic acids is 2. The van der Waals surface area contributed by atoms with Gasteiger partial charge in [0, 0.05) is 20.1 Å². The van der Waals surface area contributed by atoms with Crippen molar-refractivity contribution in [3.63, 3.8) is 0 Å². The number of likely N-dealkylation sites (N-methyl/N-ethyl adjacent to an activating group) is 1. The monoisotopic (exact) mass is 371 g/mol. The predicted octanol–water partition coefficient (Wildman–Crippen LogP) is 2.80. The van der Waals surface area contributed by atoms with Gasteiger partial charge in [0.05, 0.1) is 23.8 Å². The largest absolute Gasteiger partial charge is 0.335 e. The molecule has 0 bridgehead atoms. The third kappa shape index (κ3) is 4.62. The summed E-state index contributed by atoms with van der Waals surface area (Å²) in [6.45, 7) is 1.92. The second-order valence-electron chi connectivity index (χ2n) is 6.51. The van der Waals surface area contributed by atoms with Crippen molar-refractivity contribution in [3.8, 4) is 0 Å². The molecule has 0 fully saturated rings. The van der Waals surface area contributed by atoms with Crippen molar-refractivity contribution in [2.75, 3.05) is 32.0 Å². The Hall–Kier alpha value is -2.37. The fourth-order valence-electron chi connectivity index (χ4n) is 3.06. The molecule has 3 rings (SSSR count). The fraction of sp³-hybridized carbons (Fsp3) is 0.300. The quantitative estimate of drug-likeness (QED) is 0.879. The summed E-state index contributed by atoms with van der Waals surface area (Å²) >= 11 is 6.04. The van der Waals surface area contributed by atoms with E-state index in [0.717, 1.165) is 19.5 Å². The molecule has 0 atom stereocenters. The van der Waals surface area contributed by atoms with Crippen LogP contribution in [0, 0.1) is 0 Å². The number of hydrogen-bond acceptors (Lipinski definition) is 3. The highest BCUT2D eigenvalue weighted by Gasteiger charge is 2.21. The number of hydrogen-bond donors (Lipinski definition) is 1. The average molecular weight is 372 g/mol. The molecule has 0 spiro atoms. The maximum Gasteiger partial charge on any atom is 0.244 e. The molecule has 1 aliphatic heterocycles. The van der Waals surface area contributed by atoms with E-state index in [1.54, 1.807) is 31.3 Å². The van der Waals surface area contributed by atoms with Crippen LogP contribution >= 0.6 is 11.6 Å². The number of halogens is 1. The highest BCUT2D eigenvalue weighted by molar-refractivity contribution is 6.33. The second-order valence-corrected chi connectivity index (χ2v) is 6.91. The molecular weight excluding hydrogens is 350 g/mol. The summed E-state index contributed by atoms with van der Waals surface area (Å²) in [4.78, 5) is 28.2. The summed E-state index contributed by atoms with van der Waals surface area (Å²) in [6, 6.07) is 15.3. The Kier molecular flexibility index (Phi) is 5.91. The minimum atomic E-state index is -0.266. The van der Waals surface area contributed by atoms with Crippen molar-refractivity contribution in [1.29, 1.82) is 0 Å². The van der Waals surface area contributed by atoms with Crippen LogP contribution in [0.25, 0.3) is 0 Å². The predicted molar refractivity (Wildman–Crippen MR) is 103 cm³/mol. The van der Waals surface area contributed by atoms with Gasteiger partial charge in [0.25, 0.3) is 0 Å². The van der Waals surface area contributed by atoms with Crippen LogP contribution in [0.2, 0.25) is 5.02 Å². The molecule has 1 aliphatic rings. The van der Waals surface area contributed by atoms with Gasteiger partial charge in [-0.25, -0.2) is 0 Å². The highest BCUT2D eigenvalue weighted by atomic mass is 35.5. The first-order valence-corrected chi connectivity index (χ1v) is 8.98. The lowest BCUT2D eigenvalue weighted by Crippen LogP contribution is -2.43. The summed E-state index contributed by atoms with van der Waals surface area (Å²) in [6.07, 6.45) is 0.945. The molecule has 5 nitrogen and oxygen atoms in total. The van der Waals surface area contributed by atoms with Crippen molar-refractivity contribution >= 4 is 29.1 Å². The molecule has 136 valence electrons. The Morgan fingerprint density at radius 2 is 1.81 bits per heavy atom. The van der Waals surface area contributed by atoms with Gasteiger partial charge in [0.15, 0.2) is 0 Å². The molecule has 2 aromatic rings. The molecule has 26 heavy (non-hydrogen) atoms. The Morgan fingerprint density at radius 1 is 1.12 bits per heavy atom. The maximum atomic E-state index is 12.5. The summed E-state index contributed by atoms with van der Waals surface area (Å²) in [5.74, 6) is -0.336. The molecule has 0 saturated heterocycles. The molecule has 0 saturated carbocycles. The van der Waals surface area contributed by atoms with E-state index in [4.69, 9.17) is 11.6 Å². The topological polar surface area (TPSA) is 52.7 Å². The molecule has 0 unspecified atom stereocenters. The highest BCUT2D eigenvalue weighted by Crippen LogP contribution is 2.20. The molecule has 2 aromatic carbocycles. The first-order chi connectivity index (χ1) is 12.5. The Balaban J connectivity index is 1.50. The number of fused-ring (bicyclic) bond motifs is 1. The minimum absolute atomic E-state index is 0.00547. The third-order valence-electron chi connectivity index (χ3n) is 4.52. The summed E-state index contributed by atoms with van der Waals surface area (Å²) in [7, 11) is 1.65. The number of para-hydroxylation sites is 1. The Labute approximate surface area is 158 Å². The van der Waals surface area contributed by atoms with E-state index >= 15 is 0 Å². The van der Waals surface area contributed by atoms with E-state index in [2.05, 4.69) is 22.3 Å².